The van der Waals surface area contributed by atoms with Crippen molar-refractivity contribution < 1.29 is 14.3 Å². The van der Waals surface area contributed by atoms with Gasteiger partial charge in [-0.25, -0.2) is 0 Å². The van der Waals surface area contributed by atoms with Crippen molar-refractivity contribution >= 4 is 11.8 Å². The third-order valence-electron chi connectivity index (χ3n) is 3.12. The Morgan fingerprint density at radius 1 is 1.24 bits per heavy atom. The molecule has 0 fully saturated rings. The summed E-state index contributed by atoms with van der Waals surface area (Å²) in [6.07, 6.45) is 0. The average Bonchev–Trinajstić information content (AvgIpc) is 2.43. The standard InChI is InChI=1S/C16H24N2O3/c1-5-17-15(19)10-18(6-2)16(20)11-21-14-8-7-12(3)9-13(14)4/h7-9H,5-6,10-11H2,1-4H3,(H,17,19). The van der Waals surface area contributed by atoms with Crippen LogP contribution in [0.25, 0.3) is 0 Å². The van der Waals surface area contributed by atoms with Gasteiger partial charge < -0.3 is 15.0 Å². The Morgan fingerprint density at radius 2 is 1.95 bits per heavy atom. The second-order valence-corrected chi connectivity index (χ2v) is 4.92. The predicted molar refractivity (Wildman–Crippen MR) is 82.3 cm³/mol. The van der Waals surface area contributed by atoms with Crippen molar-refractivity contribution in [3.63, 3.8) is 0 Å². The lowest BCUT2D eigenvalue weighted by Crippen LogP contribution is -2.42. The summed E-state index contributed by atoms with van der Waals surface area (Å²) in [5.41, 5.74) is 2.15. The summed E-state index contributed by atoms with van der Waals surface area (Å²) in [7, 11) is 0. The van der Waals surface area contributed by atoms with Crippen LogP contribution in [0.3, 0.4) is 0 Å². The molecule has 0 unspecified atom stereocenters. The fraction of sp³-hybridized carbons (Fsp3) is 0.500. The topological polar surface area (TPSA) is 58.6 Å². The Morgan fingerprint density at radius 3 is 2.52 bits per heavy atom. The maximum atomic E-state index is 12.1. The third kappa shape index (κ3) is 5.45. The number of aryl methyl sites for hydroxylation is 2. The number of nitrogens with zero attached hydrogens (tertiary/aromatic N) is 1. The second kappa shape index (κ2) is 8.29. The van der Waals surface area contributed by atoms with E-state index in [0.29, 0.717) is 18.8 Å². The summed E-state index contributed by atoms with van der Waals surface area (Å²) in [5.74, 6) is 0.353. The molecule has 0 radical (unpaired) electrons. The van der Waals surface area contributed by atoms with Gasteiger partial charge in [0.25, 0.3) is 5.91 Å². The van der Waals surface area contributed by atoms with Crippen LogP contribution in [0, 0.1) is 13.8 Å². The smallest absolute Gasteiger partial charge is 0.260 e. The lowest BCUT2D eigenvalue weighted by molar-refractivity contribution is -0.137. The predicted octanol–water partition coefficient (Wildman–Crippen LogP) is 1.67. The van der Waals surface area contributed by atoms with Crippen molar-refractivity contribution in [2.24, 2.45) is 0 Å². The van der Waals surface area contributed by atoms with Gasteiger partial charge in [-0.2, -0.15) is 0 Å². The van der Waals surface area contributed by atoms with Gasteiger partial charge in [0.2, 0.25) is 5.91 Å². The SMILES string of the molecule is CCNC(=O)CN(CC)C(=O)COc1ccc(C)cc1C. The van der Waals surface area contributed by atoms with Crippen molar-refractivity contribution in [3.8, 4) is 5.75 Å². The molecular formula is C16H24N2O3. The number of benzene rings is 1. The van der Waals surface area contributed by atoms with Gasteiger partial charge in [0.05, 0.1) is 6.54 Å². The molecule has 5 heteroatoms. The molecule has 0 spiro atoms. The normalized spacial score (nSPS) is 10.1. The van der Waals surface area contributed by atoms with Crippen molar-refractivity contribution in [1.29, 1.82) is 0 Å². The second-order valence-electron chi connectivity index (χ2n) is 4.92. The average molecular weight is 292 g/mol. The number of ether oxygens (including phenoxy) is 1. The zero-order valence-corrected chi connectivity index (χ0v) is 13.2. The molecule has 0 saturated carbocycles. The van der Waals surface area contributed by atoms with Crippen LogP contribution in [-0.4, -0.2) is 43.0 Å². The van der Waals surface area contributed by atoms with E-state index in [4.69, 9.17) is 4.74 Å². The first-order chi connectivity index (χ1) is 9.97. The van der Waals surface area contributed by atoms with Crippen LogP contribution in [0.4, 0.5) is 0 Å². The molecule has 1 rings (SSSR count). The lowest BCUT2D eigenvalue weighted by atomic mass is 10.1. The van der Waals surface area contributed by atoms with E-state index >= 15 is 0 Å². The number of nitrogens with one attached hydrogen (secondary N) is 1. The molecule has 116 valence electrons. The molecule has 0 aliphatic heterocycles. The van der Waals surface area contributed by atoms with Crippen LogP contribution >= 0.6 is 0 Å². The molecule has 0 aliphatic rings. The Kier molecular flexibility index (Phi) is 6.72. The van der Waals surface area contributed by atoms with E-state index < -0.39 is 0 Å². The van der Waals surface area contributed by atoms with E-state index in [0.717, 1.165) is 11.1 Å². The van der Waals surface area contributed by atoms with Gasteiger partial charge in [-0.3, -0.25) is 9.59 Å². The van der Waals surface area contributed by atoms with Crippen molar-refractivity contribution in [3.05, 3.63) is 29.3 Å². The van der Waals surface area contributed by atoms with Crippen LogP contribution in [0.2, 0.25) is 0 Å². The maximum Gasteiger partial charge on any atom is 0.260 e. The van der Waals surface area contributed by atoms with E-state index in [2.05, 4.69) is 5.32 Å². The zero-order chi connectivity index (χ0) is 15.8. The monoisotopic (exact) mass is 292 g/mol. The summed E-state index contributed by atoms with van der Waals surface area (Å²) >= 11 is 0. The summed E-state index contributed by atoms with van der Waals surface area (Å²) in [6, 6.07) is 5.81. The number of carbonyl (C=O) groups excluding carboxylic acids is 2. The third-order valence-corrected chi connectivity index (χ3v) is 3.12. The zero-order valence-electron chi connectivity index (χ0n) is 13.2. The summed E-state index contributed by atoms with van der Waals surface area (Å²) < 4.78 is 5.55. The quantitative estimate of drug-likeness (QED) is 0.831. The maximum absolute atomic E-state index is 12.1. The molecular weight excluding hydrogens is 268 g/mol. The molecule has 1 aromatic carbocycles. The highest BCUT2D eigenvalue weighted by molar-refractivity contribution is 5.85. The highest BCUT2D eigenvalue weighted by atomic mass is 16.5. The first-order valence-electron chi connectivity index (χ1n) is 7.22. The minimum absolute atomic E-state index is 0.0584. The molecule has 0 saturated heterocycles. The molecule has 0 heterocycles. The Hall–Kier alpha value is -2.04. The fourth-order valence-electron chi connectivity index (χ4n) is 1.99. The molecule has 0 atom stereocenters. The van der Waals surface area contributed by atoms with Crippen molar-refractivity contribution in [1.82, 2.24) is 10.2 Å². The number of amides is 2. The molecule has 0 bridgehead atoms. The highest BCUT2D eigenvalue weighted by Crippen LogP contribution is 2.18. The van der Waals surface area contributed by atoms with Crippen LogP contribution in [-0.2, 0) is 9.59 Å². The Balaban J connectivity index is 2.56. The summed E-state index contributed by atoms with van der Waals surface area (Å²) in [5, 5.41) is 2.68. The van der Waals surface area contributed by atoms with Gasteiger partial charge in [0.1, 0.15) is 5.75 Å². The lowest BCUT2D eigenvalue weighted by Gasteiger charge is -2.20. The minimum atomic E-state index is -0.191. The summed E-state index contributed by atoms with van der Waals surface area (Å²) in [6.45, 7) is 8.69. The number of rotatable bonds is 7. The minimum Gasteiger partial charge on any atom is -0.484 e. The molecule has 1 aromatic rings. The first kappa shape index (κ1) is 17.0. The molecule has 2 amide bonds. The summed E-state index contributed by atoms with van der Waals surface area (Å²) in [4.78, 5) is 25.1. The Bertz CT molecular complexity index is 500. The number of likely N-dealkylation sites (N-methyl/N-ethyl adjacent to an activating group) is 2. The number of hydrogen-bond acceptors (Lipinski definition) is 3. The molecule has 0 aromatic heterocycles. The molecule has 1 N–H and O–H groups in total. The van der Waals surface area contributed by atoms with E-state index in [1.54, 1.807) is 0 Å². The number of hydrogen-bond donors (Lipinski definition) is 1. The van der Waals surface area contributed by atoms with Crippen molar-refractivity contribution in [2.75, 3.05) is 26.2 Å². The van der Waals surface area contributed by atoms with E-state index in [1.165, 1.54) is 4.90 Å². The van der Waals surface area contributed by atoms with E-state index in [1.807, 2.05) is 45.9 Å². The highest BCUT2D eigenvalue weighted by Gasteiger charge is 2.16. The van der Waals surface area contributed by atoms with Gasteiger partial charge in [-0.05, 0) is 39.3 Å². The van der Waals surface area contributed by atoms with E-state index in [-0.39, 0.29) is 25.0 Å². The number of carbonyl (C=O) groups is 2. The van der Waals surface area contributed by atoms with Gasteiger partial charge in [-0.15, -0.1) is 0 Å². The van der Waals surface area contributed by atoms with Crippen LogP contribution in [0.15, 0.2) is 18.2 Å². The first-order valence-corrected chi connectivity index (χ1v) is 7.22. The molecule has 0 aliphatic carbocycles. The van der Waals surface area contributed by atoms with Gasteiger partial charge in [-0.1, -0.05) is 17.7 Å². The molecule has 21 heavy (non-hydrogen) atoms. The van der Waals surface area contributed by atoms with Gasteiger partial charge in [0, 0.05) is 13.1 Å². The van der Waals surface area contributed by atoms with Gasteiger partial charge in [0.15, 0.2) is 6.61 Å². The van der Waals surface area contributed by atoms with Crippen molar-refractivity contribution in [2.45, 2.75) is 27.7 Å². The van der Waals surface area contributed by atoms with Gasteiger partial charge >= 0.3 is 0 Å². The van der Waals surface area contributed by atoms with E-state index in [9.17, 15) is 9.59 Å². The molecule has 5 nitrogen and oxygen atoms in total. The van der Waals surface area contributed by atoms with Crippen LogP contribution in [0.1, 0.15) is 25.0 Å². The van der Waals surface area contributed by atoms with Crippen LogP contribution in [0.5, 0.6) is 5.75 Å². The Labute approximate surface area is 126 Å². The fourth-order valence-corrected chi connectivity index (χ4v) is 1.99. The largest absolute Gasteiger partial charge is 0.484 e. The van der Waals surface area contributed by atoms with Crippen LogP contribution < -0.4 is 10.1 Å².